The van der Waals surface area contributed by atoms with E-state index in [1.807, 2.05) is 25.1 Å². The summed E-state index contributed by atoms with van der Waals surface area (Å²) in [5, 5.41) is 6.68. The van der Waals surface area contributed by atoms with Crippen molar-refractivity contribution in [2.45, 2.75) is 27.7 Å². The van der Waals surface area contributed by atoms with Gasteiger partial charge in [0.25, 0.3) is 0 Å². The number of hydrogen-bond acceptors (Lipinski definition) is 4. The lowest BCUT2D eigenvalue weighted by Crippen LogP contribution is -2.03. The summed E-state index contributed by atoms with van der Waals surface area (Å²) in [6.45, 7) is 8.20. The van der Waals surface area contributed by atoms with E-state index in [2.05, 4.69) is 71.7 Å². The van der Waals surface area contributed by atoms with Crippen molar-refractivity contribution in [1.82, 2.24) is 9.97 Å². The van der Waals surface area contributed by atoms with E-state index >= 15 is 0 Å². The number of nitrogens with one attached hydrogen (secondary N) is 2. The van der Waals surface area contributed by atoms with Crippen LogP contribution in [0.2, 0.25) is 0 Å². The van der Waals surface area contributed by atoms with Crippen molar-refractivity contribution < 1.29 is 0 Å². The highest BCUT2D eigenvalue weighted by atomic mass is 15.1. The monoisotopic (exact) mass is 318 g/mol. The third-order valence-electron chi connectivity index (χ3n) is 3.78. The van der Waals surface area contributed by atoms with Gasteiger partial charge in [0.05, 0.1) is 0 Å². The first-order valence-corrected chi connectivity index (χ1v) is 8.03. The molecule has 0 atom stereocenters. The van der Waals surface area contributed by atoms with Gasteiger partial charge in [-0.25, -0.2) is 4.98 Å². The first kappa shape index (κ1) is 16.0. The number of nitrogens with zero attached hydrogens (tertiary/aromatic N) is 2. The third kappa shape index (κ3) is 3.90. The Balaban J connectivity index is 1.87. The highest BCUT2D eigenvalue weighted by Gasteiger charge is 2.05. The Labute approximate surface area is 143 Å². The smallest absolute Gasteiger partial charge is 0.229 e. The fourth-order valence-corrected chi connectivity index (χ4v) is 2.55. The second kappa shape index (κ2) is 6.71. The van der Waals surface area contributed by atoms with Crippen LogP contribution in [0.1, 0.15) is 22.4 Å². The van der Waals surface area contributed by atoms with Crippen molar-refractivity contribution in [2.24, 2.45) is 0 Å². The molecule has 0 aliphatic carbocycles. The number of anilines is 4. The van der Waals surface area contributed by atoms with Crippen molar-refractivity contribution in [3.63, 3.8) is 0 Å². The molecule has 2 N–H and O–H groups in total. The van der Waals surface area contributed by atoms with Gasteiger partial charge >= 0.3 is 0 Å². The normalized spacial score (nSPS) is 10.5. The van der Waals surface area contributed by atoms with Gasteiger partial charge in [0.15, 0.2) is 0 Å². The molecule has 0 saturated heterocycles. The molecule has 4 heteroatoms. The Morgan fingerprint density at radius 3 is 2.33 bits per heavy atom. The highest BCUT2D eigenvalue weighted by Crippen LogP contribution is 2.23. The zero-order chi connectivity index (χ0) is 17.1. The predicted octanol–water partition coefficient (Wildman–Crippen LogP) is 5.20. The standard InChI is InChI=1S/C20H22N4/c1-13-6-5-7-17(10-13)22-20-21-16(4)12-19(24-20)23-18-11-14(2)8-9-15(18)3/h5-12H,1-4H3,(H2,21,22,23,24). The van der Waals surface area contributed by atoms with E-state index in [1.54, 1.807) is 0 Å². The van der Waals surface area contributed by atoms with Crippen LogP contribution in [0.4, 0.5) is 23.1 Å². The zero-order valence-corrected chi connectivity index (χ0v) is 14.5. The lowest BCUT2D eigenvalue weighted by Gasteiger charge is -2.12. The number of aromatic nitrogens is 2. The predicted molar refractivity (Wildman–Crippen MR) is 100 cm³/mol. The maximum absolute atomic E-state index is 4.59. The van der Waals surface area contributed by atoms with Gasteiger partial charge in [0.2, 0.25) is 5.95 Å². The van der Waals surface area contributed by atoms with E-state index in [1.165, 1.54) is 16.7 Å². The van der Waals surface area contributed by atoms with Crippen molar-refractivity contribution >= 4 is 23.1 Å². The lowest BCUT2D eigenvalue weighted by atomic mass is 10.1. The maximum atomic E-state index is 4.59. The molecular weight excluding hydrogens is 296 g/mol. The molecule has 0 spiro atoms. The fraction of sp³-hybridized carbons (Fsp3) is 0.200. The minimum atomic E-state index is 0.591. The first-order chi connectivity index (χ1) is 11.5. The van der Waals surface area contributed by atoms with Crippen LogP contribution in [0.3, 0.4) is 0 Å². The molecule has 0 saturated carbocycles. The second-order valence-corrected chi connectivity index (χ2v) is 6.16. The quantitative estimate of drug-likeness (QED) is 0.694. The van der Waals surface area contributed by atoms with Crippen LogP contribution >= 0.6 is 0 Å². The molecule has 0 radical (unpaired) electrons. The second-order valence-electron chi connectivity index (χ2n) is 6.16. The summed E-state index contributed by atoms with van der Waals surface area (Å²) in [4.78, 5) is 9.07. The Morgan fingerprint density at radius 1 is 0.750 bits per heavy atom. The summed E-state index contributed by atoms with van der Waals surface area (Å²) in [5.74, 6) is 1.37. The molecule has 0 unspecified atom stereocenters. The minimum Gasteiger partial charge on any atom is -0.340 e. The van der Waals surface area contributed by atoms with Crippen LogP contribution in [-0.4, -0.2) is 9.97 Å². The summed E-state index contributed by atoms with van der Waals surface area (Å²) >= 11 is 0. The first-order valence-electron chi connectivity index (χ1n) is 8.03. The zero-order valence-electron chi connectivity index (χ0n) is 14.5. The van der Waals surface area contributed by atoms with E-state index in [9.17, 15) is 0 Å². The molecular formula is C20H22N4. The molecule has 0 aliphatic rings. The summed E-state index contributed by atoms with van der Waals surface area (Å²) < 4.78 is 0. The molecule has 0 bridgehead atoms. The maximum Gasteiger partial charge on any atom is 0.229 e. The molecule has 2 aromatic carbocycles. The van der Waals surface area contributed by atoms with E-state index in [0.717, 1.165) is 22.9 Å². The lowest BCUT2D eigenvalue weighted by molar-refractivity contribution is 1.11. The van der Waals surface area contributed by atoms with Gasteiger partial charge in [0.1, 0.15) is 5.82 Å². The molecule has 3 rings (SSSR count). The molecule has 1 aromatic heterocycles. The molecule has 0 amide bonds. The summed E-state index contributed by atoms with van der Waals surface area (Å²) in [5.41, 5.74) is 6.55. The average Bonchev–Trinajstić information content (AvgIpc) is 2.50. The van der Waals surface area contributed by atoms with Crippen molar-refractivity contribution in [3.8, 4) is 0 Å². The van der Waals surface area contributed by atoms with Crippen LogP contribution < -0.4 is 10.6 Å². The Kier molecular flexibility index (Phi) is 4.47. The number of benzene rings is 2. The average molecular weight is 318 g/mol. The summed E-state index contributed by atoms with van der Waals surface area (Å²) in [6, 6.07) is 16.5. The Hall–Kier alpha value is -2.88. The molecule has 4 nitrogen and oxygen atoms in total. The molecule has 1 heterocycles. The van der Waals surface area contributed by atoms with Gasteiger partial charge in [-0.05, 0) is 62.6 Å². The van der Waals surface area contributed by atoms with E-state index in [0.29, 0.717) is 5.95 Å². The van der Waals surface area contributed by atoms with E-state index in [4.69, 9.17) is 0 Å². The number of aryl methyl sites for hydroxylation is 4. The SMILES string of the molecule is Cc1cccc(Nc2nc(C)cc(Nc3cc(C)ccc3C)n2)c1. The van der Waals surface area contributed by atoms with Crippen molar-refractivity contribution in [1.29, 1.82) is 0 Å². The molecule has 24 heavy (non-hydrogen) atoms. The molecule has 0 fully saturated rings. The van der Waals surface area contributed by atoms with Crippen LogP contribution in [0.5, 0.6) is 0 Å². The van der Waals surface area contributed by atoms with Gasteiger partial charge in [-0.2, -0.15) is 4.98 Å². The van der Waals surface area contributed by atoms with Crippen LogP contribution in [0.25, 0.3) is 0 Å². The topological polar surface area (TPSA) is 49.8 Å². The molecule has 122 valence electrons. The number of hydrogen-bond donors (Lipinski definition) is 2. The summed E-state index contributed by atoms with van der Waals surface area (Å²) in [7, 11) is 0. The number of rotatable bonds is 4. The Morgan fingerprint density at radius 2 is 1.54 bits per heavy atom. The molecule has 3 aromatic rings. The van der Waals surface area contributed by atoms with Crippen molar-refractivity contribution in [3.05, 3.63) is 70.9 Å². The van der Waals surface area contributed by atoms with E-state index in [-0.39, 0.29) is 0 Å². The van der Waals surface area contributed by atoms with Crippen LogP contribution in [0, 0.1) is 27.7 Å². The molecule has 0 aliphatic heterocycles. The largest absolute Gasteiger partial charge is 0.340 e. The minimum absolute atomic E-state index is 0.591. The van der Waals surface area contributed by atoms with Gasteiger partial charge < -0.3 is 10.6 Å². The Bertz CT molecular complexity index is 871. The summed E-state index contributed by atoms with van der Waals surface area (Å²) in [6.07, 6.45) is 0. The van der Waals surface area contributed by atoms with Crippen LogP contribution in [-0.2, 0) is 0 Å². The van der Waals surface area contributed by atoms with E-state index < -0.39 is 0 Å². The third-order valence-corrected chi connectivity index (χ3v) is 3.78. The van der Waals surface area contributed by atoms with Crippen LogP contribution in [0.15, 0.2) is 48.5 Å². The fourth-order valence-electron chi connectivity index (χ4n) is 2.55. The van der Waals surface area contributed by atoms with Gasteiger partial charge in [-0.3, -0.25) is 0 Å². The highest BCUT2D eigenvalue weighted by molar-refractivity contribution is 5.63. The van der Waals surface area contributed by atoms with Gasteiger partial charge in [-0.1, -0.05) is 24.3 Å². The van der Waals surface area contributed by atoms with Crippen molar-refractivity contribution in [2.75, 3.05) is 10.6 Å². The van der Waals surface area contributed by atoms with Gasteiger partial charge in [-0.15, -0.1) is 0 Å². The van der Waals surface area contributed by atoms with Gasteiger partial charge in [0, 0.05) is 23.1 Å².